The molecule has 2 aromatic heterocycles. The second-order valence-electron chi connectivity index (χ2n) is 9.57. The summed E-state index contributed by atoms with van der Waals surface area (Å²) in [7, 11) is 0. The van der Waals surface area contributed by atoms with E-state index in [2.05, 4.69) is 71.7 Å². The number of nitrogens with zero attached hydrogens (tertiary/aromatic N) is 4. The van der Waals surface area contributed by atoms with Crippen LogP contribution in [0.25, 0.3) is 67.2 Å². The first-order chi connectivity index (χ1) is 19.8. The maximum atomic E-state index is 5.03. The highest BCUT2D eigenvalue weighted by Gasteiger charge is 2.18. The first kappa shape index (κ1) is 23.6. The quantitative estimate of drug-likeness (QED) is 0.231. The Morgan fingerprint density at radius 3 is 1.60 bits per heavy atom. The van der Waals surface area contributed by atoms with Crippen LogP contribution in [0.2, 0.25) is 0 Å². The molecule has 4 nitrogen and oxygen atoms in total. The normalized spacial score (nSPS) is 11.0. The average molecular weight is 513 g/mol. The molecule has 0 amide bonds. The SMILES string of the molecule is c1ccc(-c2nc(-c3ccccc3)nc(-c3ccc4ccccc4c3-c3ccc(-c4cccnc4)cc3)n2)cc1. The summed E-state index contributed by atoms with van der Waals surface area (Å²) in [6.45, 7) is 0. The molecule has 0 aliphatic heterocycles. The summed E-state index contributed by atoms with van der Waals surface area (Å²) in [4.78, 5) is 19.2. The molecule has 0 aliphatic rings. The number of rotatable bonds is 5. The van der Waals surface area contributed by atoms with Gasteiger partial charge in [0.25, 0.3) is 0 Å². The molecule has 0 unspecified atom stereocenters. The summed E-state index contributed by atoms with van der Waals surface area (Å²) >= 11 is 0. The van der Waals surface area contributed by atoms with Crippen LogP contribution < -0.4 is 0 Å². The minimum Gasteiger partial charge on any atom is -0.264 e. The average Bonchev–Trinajstić information content (AvgIpc) is 3.05. The van der Waals surface area contributed by atoms with E-state index in [9.17, 15) is 0 Å². The van der Waals surface area contributed by atoms with Gasteiger partial charge in [0.15, 0.2) is 17.5 Å². The maximum absolute atomic E-state index is 5.03. The van der Waals surface area contributed by atoms with Gasteiger partial charge in [0, 0.05) is 34.6 Å². The van der Waals surface area contributed by atoms with Gasteiger partial charge in [0.2, 0.25) is 0 Å². The molecule has 0 saturated carbocycles. The highest BCUT2D eigenvalue weighted by atomic mass is 15.0. The minimum absolute atomic E-state index is 0.643. The van der Waals surface area contributed by atoms with E-state index in [4.69, 9.17) is 15.0 Å². The van der Waals surface area contributed by atoms with Crippen LogP contribution in [0.3, 0.4) is 0 Å². The number of aromatic nitrogens is 4. The minimum atomic E-state index is 0.643. The zero-order valence-corrected chi connectivity index (χ0v) is 21.6. The third-order valence-electron chi connectivity index (χ3n) is 7.04. The van der Waals surface area contributed by atoms with Gasteiger partial charge in [-0.3, -0.25) is 4.98 Å². The van der Waals surface area contributed by atoms with Crippen LogP contribution in [0.15, 0.2) is 146 Å². The number of fused-ring (bicyclic) bond motifs is 1. The molecule has 0 fully saturated rings. The van der Waals surface area contributed by atoms with Gasteiger partial charge in [0.1, 0.15) is 0 Å². The summed E-state index contributed by atoms with van der Waals surface area (Å²) in [5, 5.41) is 2.32. The molecule has 4 heteroatoms. The van der Waals surface area contributed by atoms with Crippen LogP contribution in [0.4, 0.5) is 0 Å². The van der Waals surface area contributed by atoms with Crippen molar-refractivity contribution in [1.82, 2.24) is 19.9 Å². The second kappa shape index (κ2) is 10.4. The molecule has 5 aromatic carbocycles. The van der Waals surface area contributed by atoms with E-state index in [0.717, 1.165) is 44.3 Å². The number of pyridine rings is 1. The Balaban J connectivity index is 1.46. The zero-order chi connectivity index (χ0) is 26.7. The smallest absolute Gasteiger partial charge is 0.164 e. The number of hydrogen-bond acceptors (Lipinski definition) is 4. The largest absolute Gasteiger partial charge is 0.264 e. The van der Waals surface area contributed by atoms with Crippen molar-refractivity contribution in [2.24, 2.45) is 0 Å². The van der Waals surface area contributed by atoms with Crippen molar-refractivity contribution in [3.8, 4) is 56.4 Å². The van der Waals surface area contributed by atoms with Gasteiger partial charge in [-0.1, -0.05) is 121 Å². The van der Waals surface area contributed by atoms with Crippen LogP contribution in [-0.4, -0.2) is 19.9 Å². The molecule has 40 heavy (non-hydrogen) atoms. The second-order valence-corrected chi connectivity index (χ2v) is 9.57. The molecule has 0 aliphatic carbocycles. The molecule has 0 atom stereocenters. The van der Waals surface area contributed by atoms with Gasteiger partial charge in [0.05, 0.1) is 0 Å². The van der Waals surface area contributed by atoms with Gasteiger partial charge in [-0.15, -0.1) is 0 Å². The molecule has 0 radical (unpaired) electrons. The lowest BCUT2D eigenvalue weighted by molar-refractivity contribution is 1.07. The van der Waals surface area contributed by atoms with Crippen molar-refractivity contribution in [1.29, 1.82) is 0 Å². The molecule has 2 heterocycles. The Morgan fingerprint density at radius 2 is 0.950 bits per heavy atom. The fraction of sp³-hybridized carbons (Fsp3) is 0. The fourth-order valence-electron chi connectivity index (χ4n) is 5.06. The summed E-state index contributed by atoms with van der Waals surface area (Å²) in [6.07, 6.45) is 3.68. The topological polar surface area (TPSA) is 51.6 Å². The Hall–Kier alpha value is -5.48. The zero-order valence-electron chi connectivity index (χ0n) is 21.6. The molecule has 0 spiro atoms. The standard InChI is InChI=1S/C36H24N4/c1-3-11-28(12-4-1)34-38-35(29-13-5-2-6-14-29)40-36(39-34)32-22-21-26-10-7-8-16-31(26)33(32)27-19-17-25(18-20-27)30-15-9-23-37-24-30/h1-24H. The summed E-state index contributed by atoms with van der Waals surface area (Å²) in [6, 6.07) is 45.6. The van der Waals surface area contributed by atoms with Crippen LogP contribution in [0.1, 0.15) is 0 Å². The summed E-state index contributed by atoms with van der Waals surface area (Å²) in [5.41, 5.74) is 7.27. The van der Waals surface area contributed by atoms with Gasteiger partial charge in [-0.2, -0.15) is 0 Å². The van der Waals surface area contributed by atoms with Crippen molar-refractivity contribution in [3.63, 3.8) is 0 Å². The molecule has 0 N–H and O–H groups in total. The van der Waals surface area contributed by atoms with Crippen molar-refractivity contribution >= 4 is 10.8 Å². The fourth-order valence-corrected chi connectivity index (χ4v) is 5.06. The van der Waals surface area contributed by atoms with E-state index >= 15 is 0 Å². The Morgan fingerprint density at radius 1 is 0.375 bits per heavy atom. The summed E-state index contributed by atoms with van der Waals surface area (Å²) in [5.74, 6) is 1.94. The molecule has 0 bridgehead atoms. The molecule has 0 saturated heterocycles. The van der Waals surface area contributed by atoms with Crippen LogP contribution in [0, 0.1) is 0 Å². The summed E-state index contributed by atoms with van der Waals surface area (Å²) < 4.78 is 0. The molecule has 7 rings (SSSR count). The molecule has 188 valence electrons. The Labute approximate surface area is 232 Å². The van der Waals surface area contributed by atoms with E-state index in [1.54, 1.807) is 6.20 Å². The molecular weight excluding hydrogens is 488 g/mol. The highest BCUT2D eigenvalue weighted by molar-refractivity contribution is 6.03. The lowest BCUT2D eigenvalue weighted by Crippen LogP contribution is -2.01. The van der Waals surface area contributed by atoms with E-state index in [1.807, 2.05) is 72.9 Å². The lowest BCUT2D eigenvalue weighted by Gasteiger charge is -2.15. The predicted octanol–water partition coefficient (Wildman–Crippen LogP) is 8.75. The third-order valence-corrected chi connectivity index (χ3v) is 7.04. The van der Waals surface area contributed by atoms with Crippen LogP contribution in [0.5, 0.6) is 0 Å². The first-order valence-corrected chi connectivity index (χ1v) is 13.2. The van der Waals surface area contributed by atoms with E-state index < -0.39 is 0 Å². The maximum Gasteiger partial charge on any atom is 0.164 e. The van der Waals surface area contributed by atoms with Crippen LogP contribution in [-0.2, 0) is 0 Å². The predicted molar refractivity (Wildman–Crippen MR) is 162 cm³/mol. The monoisotopic (exact) mass is 512 g/mol. The van der Waals surface area contributed by atoms with Crippen molar-refractivity contribution in [2.75, 3.05) is 0 Å². The van der Waals surface area contributed by atoms with Gasteiger partial charge >= 0.3 is 0 Å². The van der Waals surface area contributed by atoms with Gasteiger partial charge < -0.3 is 0 Å². The van der Waals surface area contributed by atoms with Crippen molar-refractivity contribution in [3.05, 3.63) is 146 Å². The van der Waals surface area contributed by atoms with Crippen LogP contribution >= 0.6 is 0 Å². The molecule has 7 aromatic rings. The van der Waals surface area contributed by atoms with Gasteiger partial charge in [-0.05, 0) is 39.6 Å². The van der Waals surface area contributed by atoms with E-state index in [-0.39, 0.29) is 0 Å². The van der Waals surface area contributed by atoms with Crippen molar-refractivity contribution in [2.45, 2.75) is 0 Å². The van der Waals surface area contributed by atoms with E-state index in [1.165, 1.54) is 5.39 Å². The van der Waals surface area contributed by atoms with E-state index in [0.29, 0.717) is 17.5 Å². The lowest BCUT2D eigenvalue weighted by atomic mass is 9.92. The number of benzene rings is 5. The Kier molecular flexibility index (Phi) is 6.11. The van der Waals surface area contributed by atoms with Crippen molar-refractivity contribution < 1.29 is 0 Å². The highest BCUT2D eigenvalue weighted by Crippen LogP contribution is 2.38. The third kappa shape index (κ3) is 4.52. The van der Waals surface area contributed by atoms with Gasteiger partial charge in [-0.25, -0.2) is 15.0 Å². The first-order valence-electron chi connectivity index (χ1n) is 13.2. The Bertz CT molecular complexity index is 1860. The number of hydrogen-bond donors (Lipinski definition) is 0. The molecular formula is C36H24N4.